The zero-order valence-electron chi connectivity index (χ0n) is 10.9. The van der Waals surface area contributed by atoms with E-state index in [1.54, 1.807) is 0 Å². The maximum absolute atomic E-state index is 10.9. The van der Waals surface area contributed by atoms with E-state index in [-0.39, 0.29) is 26.4 Å². The molecule has 0 fully saturated rings. The fourth-order valence-corrected chi connectivity index (χ4v) is 0.770. The van der Waals surface area contributed by atoms with Crippen molar-refractivity contribution >= 4 is 12.2 Å². The van der Waals surface area contributed by atoms with Crippen LogP contribution in [0.3, 0.4) is 0 Å². The van der Waals surface area contributed by atoms with Gasteiger partial charge < -0.3 is 14.6 Å². The first-order valence-corrected chi connectivity index (χ1v) is 5.59. The van der Waals surface area contributed by atoms with Gasteiger partial charge in [0, 0.05) is 0 Å². The Morgan fingerprint density at radius 3 is 1.75 bits per heavy atom. The van der Waals surface area contributed by atoms with E-state index in [4.69, 9.17) is 0 Å². The van der Waals surface area contributed by atoms with Gasteiger partial charge in [-0.05, 0) is 0 Å². The lowest BCUT2D eigenvalue weighted by Crippen LogP contribution is -2.34. The van der Waals surface area contributed by atoms with E-state index < -0.39 is 18.3 Å². The van der Waals surface area contributed by atoms with E-state index in [1.807, 2.05) is 11.0 Å². The summed E-state index contributed by atoms with van der Waals surface area (Å²) in [5.74, 6) is 0. The molecule has 0 aromatic rings. The van der Waals surface area contributed by atoms with Crippen molar-refractivity contribution in [2.24, 2.45) is 0 Å². The number of carbonyl (C=O) groups excluding carboxylic acids is 2. The summed E-state index contributed by atoms with van der Waals surface area (Å²) in [7, 11) is 0. The van der Waals surface area contributed by atoms with E-state index in [2.05, 4.69) is 32.3 Å². The second kappa shape index (κ2) is 12.0. The summed E-state index contributed by atoms with van der Waals surface area (Å²) in [6.45, 7) is 6.27. The Labute approximate surface area is 116 Å². The summed E-state index contributed by atoms with van der Waals surface area (Å²) in [6.07, 6.45) is 0.0707. The lowest BCUT2D eigenvalue weighted by atomic mass is 10.4. The van der Waals surface area contributed by atoms with Crippen molar-refractivity contribution in [3.8, 4) is 0 Å². The Morgan fingerprint density at radius 1 is 1.00 bits per heavy atom. The second-order valence-electron chi connectivity index (χ2n) is 3.25. The van der Waals surface area contributed by atoms with Crippen LogP contribution in [-0.4, -0.2) is 49.8 Å². The van der Waals surface area contributed by atoms with Gasteiger partial charge in [0.15, 0.2) is 0 Å². The van der Waals surface area contributed by atoms with Gasteiger partial charge >= 0.3 is 12.2 Å². The molecule has 3 N–H and O–H groups in total. The Morgan fingerprint density at radius 2 is 1.40 bits per heavy atom. The molecule has 0 aliphatic carbocycles. The number of amides is 2. The van der Waals surface area contributed by atoms with Gasteiger partial charge in [0.2, 0.25) is 0 Å². The van der Waals surface area contributed by atoms with E-state index in [0.717, 1.165) is 0 Å². The molecule has 9 heteroatoms. The molecule has 0 saturated carbocycles. The molecule has 0 bridgehead atoms. The summed E-state index contributed by atoms with van der Waals surface area (Å²) in [6, 6.07) is 0. The summed E-state index contributed by atoms with van der Waals surface area (Å²) >= 11 is 0. The molecule has 2 amide bonds. The van der Waals surface area contributed by atoms with Gasteiger partial charge in [-0.1, -0.05) is 25.3 Å². The molecule has 0 saturated heterocycles. The molecule has 114 valence electrons. The molecule has 0 radical (unpaired) electrons. The van der Waals surface area contributed by atoms with E-state index >= 15 is 0 Å². The molecule has 0 aromatic carbocycles. The maximum Gasteiger partial charge on any atom is 0.431 e. The summed E-state index contributed by atoms with van der Waals surface area (Å²) in [5, 5.41) is 9.36. The van der Waals surface area contributed by atoms with Crippen molar-refractivity contribution in [2.45, 2.75) is 6.10 Å². The predicted octanol–water partition coefficient (Wildman–Crippen LogP) is 0.0349. The highest BCUT2D eigenvalue weighted by molar-refractivity contribution is 5.66. The largest absolute Gasteiger partial charge is 0.444 e. The molecular formula is C11H18N2O7. The first kappa shape index (κ1) is 17.9. The SMILES string of the molecule is C=CCOC(=O)NOCC(O)CONC(=O)OCC=C. The number of nitrogens with one attached hydrogen (secondary N) is 2. The van der Waals surface area contributed by atoms with Crippen LogP contribution in [0.15, 0.2) is 25.3 Å². The second-order valence-corrected chi connectivity index (χ2v) is 3.25. The molecule has 0 aromatic heterocycles. The molecule has 0 unspecified atom stereocenters. The predicted molar refractivity (Wildman–Crippen MR) is 67.3 cm³/mol. The number of carbonyl (C=O) groups is 2. The van der Waals surface area contributed by atoms with Crippen LogP contribution >= 0.6 is 0 Å². The van der Waals surface area contributed by atoms with Crippen molar-refractivity contribution in [3.63, 3.8) is 0 Å². The summed E-state index contributed by atoms with van der Waals surface area (Å²) in [4.78, 5) is 31.0. The summed E-state index contributed by atoms with van der Waals surface area (Å²) < 4.78 is 9.07. The third kappa shape index (κ3) is 11.0. The fraction of sp³-hybridized carbons (Fsp3) is 0.455. The van der Waals surface area contributed by atoms with Crippen LogP contribution < -0.4 is 11.0 Å². The zero-order valence-corrected chi connectivity index (χ0v) is 10.9. The molecule has 0 rings (SSSR count). The number of aliphatic hydroxyl groups excluding tert-OH is 1. The molecule has 0 aliphatic heterocycles. The van der Waals surface area contributed by atoms with Crippen molar-refractivity contribution in [2.75, 3.05) is 26.4 Å². The monoisotopic (exact) mass is 290 g/mol. The quantitative estimate of drug-likeness (QED) is 0.384. The van der Waals surface area contributed by atoms with Gasteiger partial charge in [-0.2, -0.15) is 11.0 Å². The van der Waals surface area contributed by atoms with Crippen LogP contribution in [0, 0.1) is 0 Å². The number of aliphatic hydroxyl groups is 1. The molecule has 0 heterocycles. The molecule has 0 atom stereocenters. The van der Waals surface area contributed by atoms with Gasteiger partial charge in [0.1, 0.15) is 32.5 Å². The summed E-state index contributed by atoms with van der Waals surface area (Å²) in [5.41, 5.74) is 3.86. The maximum atomic E-state index is 10.9. The number of ether oxygens (including phenoxy) is 2. The number of hydroxylamine groups is 2. The first-order chi connectivity index (χ1) is 9.60. The Balaban J connectivity index is 3.51. The van der Waals surface area contributed by atoms with E-state index in [1.165, 1.54) is 12.2 Å². The Kier molecular flexibility index (Phi) is 10.7. The normalized spacial score (nSPS) is 9.70. The van der Waals surface area contributed by atoms with E-state index in [0.29, 0.717) is 0 Å². The lowest BCUT2D eigenvalue weighted by Gasteiger charge is -2.11. The van der Waals surface area contributed by atoms with Crippen LogP contribution in [0.5, 0.6) is 0 Å². The van der Waals surface area contributed by atoms with Crippen LogP contribution in [-0.2, 0) is 19.1 Å². The minimum absolute atomic E-state index is 0.0393. The van der Waals surface area contributed by atoms with Gasteiger partial charge in [-0.15, -0.1) is 0 Å². The number of rotatable bonds is 10. The van der Waals surface area contributed by atoms with Crippen molar-refractivity contribution < 1.29 is 33.8 Å². The molecule has 0 aliphatic rings. The average Bonchev–Trinajstić information content (AvgIpc) is 2.42. The Bertz CT molecular complexity index is 292. The molecule has 9 nitrogen and oxygen atoms in total. The average molecular weight is 290 g/mol. The van der Waals surface area contributed by atoms with Gasteiger partial charge in [-0.25, -0.2) is 9.59 Å². The van der Waals surface area contributed by atoms with Gasteiger partial charge in [-0.3, -0.25) is 9.68 Å². The van der Waals surface area contributed by atoms with Crippen molar-refractivity contribution in [1.29, 1.82) is 0 Å². The van der Waals surface area contributed by atoms with Crippen LogP contribution in [0.2, 0.25) is 0 Å². The standard InChI is InChI=1S/C11H18N2O7/c1-3-5-17-10(15)12-19-7-9(14)8-20-13-11(16)18-6-4-2/h3-4,9,14H,1-2,5-8H2,(H,12,15)(H,13,16). The van der Waals surface area contributed by atoms with Gasteiger partial charge in [0.25, 0.3) is 0 Å². The van der Waals surface area contributed by atoms with Crippen molar-refractivity contribution in [3.05, 3.63) is 25.3 Å². The highest BCUT2D eigenvalue weighted by Gasteiger charge is 2.08. The van der Waals surface area contributed by atoms with Crippen LogP contribution in [0.1, 0.15) is 0 Å². The molecular weight excluding hydrogens is 272 g/mol. The molecule has 0 spiro atoms. The zero-order chi connectivity index (χ0) is 15.2. The number of hydrogen-bond acceptors (Lipinski definition) is 7. The lowest BCUT2D eigenvalue weighted by molar-refractivity contribution is -0.0659. The van der Waals surface area contributed by atoms with E-state index in [9.17, 15) is 14.7 Å². The minimum atomic E-state index is -1.07. The minimum Gasteiger partial charge on any atom is -0.444 e. The fourth-order valence-electron chi connectivity index (χ4n) is 0.770. The molecule has 20 heavy (non-hydrogen) atoms. The van der Waals surface area contributed by atoms with Crippen LogP contribution in [0.25, 0.3) is 0 Å². The topological polar surface area (TPSA) is 115 Å². The van der Waals surface area contributed by atoms with Crippen LogP contribution in [0.4, 0.5) is 9.59 Å². The third-order valence-electron chi connectivity index (χ3n) is 1.53. The third-order valence-corrected chi connectivity index (χ3v) is 1.53. The number of hydrogen-bond donors (Lipinski definition) is 3. The smallest absolute Gasteiger partial charge is 0.431 e. The van der Waals surface area contributed by atoms with Gasteiger partial charge in [0.05, 0.1) is 0 Å². The first-order valence-electron chi connectivity index (χ1n) is 5.59. The highest BCUT2D eigenvalue weighted by atomic mass is 16.7. The van der Waals surface area contributed by atoms with Crippen molar-refractivity contribution in [1.82, 2.24) is 11.0 Å². The Hall–Kier alpha value is -2.10. The highest BCUT2D eigenvalue weighted by Crippen LogP contribution is 1.87.